The van der Waals surface area contributed by atoms with Crippen molar-refractivity contribution in [3.63, 3.8) is 0 Å². The van der Waals surface area contributed by atoms with E-state index in [2.05, 4.69) is 31.2 Å². The molecule has 5 rings (SSSR count). The molecule has 0 spiro atoms. The van der Waals surface area contributed by atoms with E-state index in [-0.39, 0.29) is 57.5 Å². The quantitative estimate of drug-likeness (QED) is 0.157. The van der Waals surface area contributed by atoms with E-state index in [4.69, 9.17) is 20.9 Å². The summed E-state index contributed by atoms with van der Waals surface area (Å²) >= 11 is 3.05. The number of fused-ring (bicyclic) bond motifs is 1. The van der Waals surface area contributed by atoms with Crippen molar-refractivity contribution in [2.45, 2.75) is 37.3 Å². The average molecular weight is 644 g/mol. The second kappa shape index (κ2) is 11.3. The number of nitrogens with zero attached hydrogens (tertiary/aromatic N) is 2. The van der Waals surface area contributed by atoms with Gasteiger partial charge in [0, 0.05) is 41.1 Å². The number of primary amides is 1. The average Bonchev–Trinajstić information content (AvgIpc) is 3.73. The van der Waals surface area contributed by atoms with E-state index in [1.165, 1.54) is 25.3 Å². The molecule has 0 radical (unpaired) electrons. The molecule has 1 aromatic heterocycles. The number of aliphatic hydroxyl groups is 1. The zero-order valence-electron chi connectivity index (χ0n) is 22.7. The summed E-state index contributed by atoms with van der Waals surface area (Å²) < 4.78 is 39.9. The maximum absolute atomic E-state index is 14.9. The number of halogens is 3. The Hall–Kier alpha value is -4.10. The van der Waals surface area contributed by atoms with Crippen LogP contribution in [0, 0.1) is 11.6 Å². The van der Waals surface area contributed by atoms with Crippen molar-refractivity contribution in [1.82, 2.24) is 10.3 Å². The van der Waals surface area contributed by atoms with E-state index < -0.39 is 35.0 Å². The maximum Gasteiger partial charge on any atom is 0.251 e. The van der Waals surface area contributed by atoms with Gasteiger partial charge in [0.15, 0.2) is 0 Å². The van der Waals surface area contributed by atoms with Crippen LogP contribution in [0.3, 0.4) is 0 Å². The summed E-state index contributed by atoms with van der Waals surface area (Å²) in [6.45, 7) is 1.11. The van der Waals surface area contributed by atoms with Crippen LogP contribution in [-0.2, 0) is 10.2 Å². The van der Waals surface area contributed by atoms with E-state index in [0.717, 1.165) is 12.8 Å². The fourth-order valence-corrected chi connectivity index (χ4v) is 4.87. The minimum Gasteiger partial charge on any atom is -0.495 e. The summed E-state index contributed by atoms with van der Waals surface area (Å²) in [5.41, 5.74) is 11.7. The van der Waals surface area contributed by atoms with Crippen molar-refractivity contribution in [3.8, 4) is 22.8 Å². The summed E-state index contributed by atoms with van der Waals surface area (Å²) in [4.78, 5) is 34.3. The number of aliphatic hydroxyl groups excluding tert-OH is 1. The summed E-state index contributed by atoms with van der Waals surface area (Å²) in [5, 5.41) is 13.7. The van der Waals surface area contributed by atoms with Crippen molar-refractivity contribution < 1.29 is 33.0 Å². The summed E-state index contributed by atoms with van der Waals surface area (Å²) in [6, 6.07) is 6.60. The first-order valence-electron chi connectivity index (χ1n) is 13.0. The third kappa shape index (κ3) is 5.53. The molecule has 2 heterocycles. The first kappa shape index (κ1) is 29.4. The lowest BCUT2D eigenvalue weighted by atomic mass is 9.83. The van der Waals surface area contributed by atoms with Crippen LogP contribution in [0.5, 0.6) is 11.5 Å². The van der Waals surface area contributed by atoms with Gasteiger partial charge in [-0.25, -0.2) is 13.8 Å². The van der Waals surface area contributed by atoms with Gasteiger partial charge in [0.1, 0.15) is 47.0 Å². The molecule has 3 aromatic rings. The minimum absolute atomic E-state index is 0.00835. The molecule has 6 N–H and O–H groups in total. The SMILES string of the molecule is COc1cc(C(=O)NC[C@@H](O)c2cc3c(c(-c4cc(Br)c(F)cc4F)n2)OC[C@]3(C)C(N)=O)cc(C=NC2CC2)c1N. The number of nitrogens with two attached hydrogens (primary N) is 2. The minimum atomic E-state index is -1.39. The third-order valence-electron chi connectivity index (χ3n) is 7.33. The zero-order valence-corrected chi connectivity index (χ0v) is 24.3. The standard InChI is InChI=1S/C29H28BrF2N5O5/c1-29(28(34)40)12-42-26-17(29)8-21(37-25(26)16-7-18(30)20(32)9-19(16)31)22(38)11-36-27(39)13-5-14(10-35-15-3-4-15)24(33)23(6-13)41-2/h5-10,15,22,38H,3-4,11-12,33H2,1-2H3,(H2,34,40)(H,36,39)/t22-,29+/m1/s1. The topological polar surface area (TPSA) is 162 Å². The lowest BCUT2D eigenvalue weighted by Gasteiger charge is -2.20. The van der Waals surface area contributed by atoms with Crippen LogP contribution < -0.4 is 26.3 Å². The van der Waals surface area contributed by atoms with Crippen molar-refractivity contribution in [3.05, 3.63) is 68.8 Å². The molecule has 1 saturated carbocycles. The highest BCUT2D eigenvalue weighted by molar-refractivity contribution is 9.10. The Morgan fingerprint density at radius 3 is 2.69 bits per heavy atom. The van der Waals surface area contributed by atoms with E-state index in [0.29, 0.717) is 23.1 Å². The number of carbonyl (C=O) groups excluding carboxylic acids is 2. The van der Waals surface area contributed by atoms with Gasteiger partial charge in [-0.15, -0.1) is 0 Å². The number of methoxy groups -OCH3 is 1. The fourth-order valence-electron chi connectivity index (χ4n) is 4.52. The predicted molar refractivity (Wildman–Crippen MR) is 155 cm³/mol. The number of carbonyl (C=O) groups is 2. The summed E-state index contributed by atoms with van der Waals surface area (Å²) in [7, 11) is 1.43. The Morgan fingerprint density at radius 1 is 1.29 bits per heavy atom. The van der Waals surface area contributed by atoms with Crippen LogP contribution in [0.4, 0.5) is 14.5 Å². The van der Waals surface area contributed by atoms with Crippen LogP contribution >= 0.6 is 15.9 Å². The number of aliphatic imine (C=N–C) groups is 1. The molecule has 1 aliphatic heterocycles. The molecule has 0 bridgehead atoms. The normalized spacial score (nSPS) is 18.4. The van der Waals surface area contributed by atoms with E-state index in [1.54, 1.807) is 19.2 Å². The van der Waals surface area contributed by atoms with Crippen molar-refractivity contribution in [2.75, 3.05) is 26.0 Å². The smallest absolute Gasteiger partial charge is 0.251 e. The molecule has 2 amide bonds. The number of hydrogen-bond acceptors (Lipinski definition) is 8. The van der Waals surface area contributed by atoms with Crippen LogP contribution in [0.1, 0.15) is 53.0 Å². The summed E-state index contributed by atoms with van der Waals surface area (Å²) in [6.07, 6.45) is 2.22. The molecule has 10 nitrogen and oxygen atoms in total. The van der Waals surface area contributed by atoms with Gasteiger partial charge in [-0.1, -0.05) is 0 Å². The van der Waals surface area contributed by atoms with Crippen molar-refractivity contribution in [1.29, 1.82) is 0 Å². The molecular formula is C29H28BrF2N5O5. The van der Waals surface area contributed by atoms with E-state index in [9.17, 15) is 23.5 Å². The Morgan fingerprint density at radius 2 is 2.02 bits per heavy atom. The molecule has 42 heavy (non-hydrogen) atoms. The molecule has 1 fully saturated rings. The van der Waals surface area contributed by atoms with Gasteiger partial charge in [-0.2, -0.15) is 0 Å². The summed E-state index contributed by atoms with van der Waals surface area (Å²) in [5.74, 6) is -2.61. The predicted octanol–water partition coefficient (Wildman–Crippen LogP) is 3.56. The molecule has 2 aromatic carbocycles. The number of hydrogen-bond donors (Lipinski definition) is 4. The van der Waals surface area contributed by atoms with Crippen molar-refractivity contribution in [2.24, 2.45) is 10.7 Å². The van der Waals surface area contributed by atoms with Crippen LogP contribution in [0.25, 0.3) is 11.3 Å². The van der Waals surface area contributed by atoms with Crippen LogP contribution in [-0.4, -0.2) is 54.4 Å². The van der Waals surface area contributed by atoms with Crippen LogP contribution in [0.15, 0.2) is 39.8 Å². The zero-order chi connectivity index (χ0) is 30.3. The molecule has 2 atom stereocenters. The van der Waals surface area contributed by atoms with Crippen LogP contribution in [0.2, 0.25) is 0 Å². The highest BCUT2D eigenvalue weighted by Crippen LogP contribution is 2.46. The lowest BCUT2D eigenvalue weighted by molar-refractivity contribution is -0.123. The Labute approximate surface area is 248 Å². The monoisotopic (exact) mass is 643 g/mol. The maximum atomic E-state index is 14.9. The van der Waals surface area contributed by atoms with Gasteiger partial charge in [-0.05, 0) is 60.0 Å². The first-order valence-corrected chi connectivity index (χ1v) is 13.8. The second-order valence-electron chi connectivity index (χ2n) is 10.4. The highest BCUT2D eigenvalue weighted by atomic mass is 79.9. The number of benzene rings is 2. The fraction of sp³-hybridized carbons (Fsp3) is 0.310. The Balaban J connectivity index is 1.46. The number of rotatable bonds is 9. The largest absolute Gasteiger partial charge is 0.495 e. The van der Waals surface area contributed by atoms with Gasteiger partial charge in [0.25, 0.3) is 5.91 Å². The van der Waals surface area contributed by atoms with Gasteiger partial charge < -0.3 is 31.4 Å². The molecular weight excluding hydrogens is 616 g/mol. The number of ether oxygens (including phenoxy) is 2. The molecule has 0 unspecified atom stereocenters. The number of pyridine rings is 1. The highest BCUT2D eigenvalue weighted by Gasteiger charge is 2.44. The van der Waals surface area contributed by atoms with Crippen molar-refractivity contribution >= 4 is 39.6 Å². The Bertz CT molecular complexity index is 1630. The van der Waals surface area contributed by atoms with Gasteiger partial charge >= 0.3 is 0 Å². The van der Waals surface area contributed by atoms with Gasteiger partial charge in [-0.3, -0.25) is 14.6 Å². The Kier molecular flexibility index (Phi) is 7.90. The van der Waals surface area contributed by atoms with Gasteiger partial charge in [0.05, 0.1) is 29.0 Å². The number of aromatic nitrogens is 1. The molecule has 2 aliphatic rings. The number of amides is 2. The lowest BCUT2D eigenvalue weighted by Crippen LogP contribution is -2.40. The first-order chi connectivity index (χ1) is 19.9. The third-order valence-corrected chi connectivity index (χ3v) is 7.93. The van der Waals surface area contributed by atoms with E-state index >= 15 is 0 Å². The number of nitrogen functional groups attached to an aromatic ring is 1. The number of nitrogens with one attached hydrogen (secondary N) is 1. The second-order valence-corrected chi connectivity index (χ2v) is 11.3. The molecule has 0 saturated heterocycles. The molecule has 1 aliphatic carbocycles. The molecule has 220 valence electrons. The molecule has 13 heteroatoms. The van der Waals surface area contributed by atoms with E-state index in [1.807, 2.05) is 0 Å². The number of anilines is 1. The van der Waals surface area contributed by atoms with Gasteiger partial charge in [0.2, 0.25) is 5.91 Å².